The number of anilines is 1. The molecule has 2 aromatic heterocycles. The Morgan fingerprint density at radius 2 is 2.22 bits per heavy atom. The van der Waals surface area contributed by atoms with Crippen LogP contribution in [0.15, 0.2) is 23.6 Å². The summed E-state index contributed by atoms with van der Waals surface area (Å²) in [6.07, 6.45) is 0.478. The van der Waals surface area contributed by atoms with E-state index in [9.17, 15) is 9.90 Å². The molecule has 2 amide bonds. The molecule has 7 heteroatoms. The summed E-state index contributed by atoms with van der Waals surface area (Å²) in [6, 6.07) is 5.22. The lowest BCUT2D eigenvalue weighted by Crippen LogP contribution is -2.35. The van der Waals surface area contributed by atoms with Crippen molar-refractivity contribution in [1.82, 2.24) is 15.1 Å². The average Bonchev–Trinajstić information content (AvgIpc) is 3.07. The molecule has 0 unspecified atom stereocenters. The number of nitrogens with one attached hydrogen (secondary N) is 2. The second-order valence-electron chi connectivity index (χ2n) is 6.43. The molecule has 0 saturated heterocycles. The van der Waals surface area contributed by atoms with Gasteiger partial charge in [0.15, 0.2) is 0 Å². The predicted octanol–water partition coefficient (Wildman–Crippen LogP) is 3.25. The molecule has 0 bridgehead atoms. The molecule has 0 aliphatic carbocycles. The molecule has 6 nitrogen and oxygen atoms in total. The number of thiophene rings is 1. The zero-order chi connectivity index (χ0) is 17.0. The third kappa shape index (κ3) is 4.56. The zero-order valence-electron chi connectivity index (χ0n) is 14.0. The van der Waals surface area contributed by atoms with E-state index >= 15 is 0 Å². The highest BCUT2D eigenvalue weighted by Gasteiger charge is 2.21. The number of aromatic nitrogens is 2. The fourth-order valence-electron chi connectivity index (χ4n) is 2.31. The molecule has 2 rings (SSSR count). The van der Waals surface area contributed by atoms with Crippen LogP contribution in [0.3, 0.4) is 0 Å². The number of urea groups is 1. The van der Waals surface area contributed by atoms with Crippen LogP contribution in [0.25, 0.3) is 0 Å². The second kappa shape index (κ2) is 7.14. The summed E-state index contributed by atoms with van der Waals surface area (Å²) in [4.78, 5) is 13.4. The Bertz CT molecular complexity index is 644. The number of carbonyl (C=O) groups is 1. The number of nitrogens with zero attached hydrogens (tertiary/aromatic N) is 2. The smallest absolute Gasteiger partial charge is 0.320 e. The fourth-order valence-corrected chi connectivity index (χ4v) is 3.13. The van der Waals surface area contributed by atoms with Crippen LogP contribution in [0, 0.1) is 6.92 Å². The van der Waals surface area contributed by atoms with E-state index in [-0.39, 0.29) is 24.2 Å². The standard InChI is InChI=1S/C16H24N4O2S/c1-11-10-14(20(19-11)16(2,3)4)18-15(22)17-12(7-8-21)13-6-5-9-23-13/h5-6,9-10,12,21H,7-8H2,1-4H3,(H2,17,18,22)/t12-/m0/s1. The Labute approximate surface area is 140 Å². The van der Waals surface area contributed by atoms with Gasteiger partial charge in [-0.15, -0.1) is 11.3 Å². The number of hydrogen-bond donors (Lipinski definition) is 3. The molecule has 126 valence electrons. The van der Waals surface area contributed by atoms with Crippen LogP contribution in [0.5, 0.6) is 0 Å². The van der Waals surface area contributed by atoms with Crippen molar-refractivity contribution in [3.05, 3.63) is 34.2 Å². The van der Waals surface area contributed by atoms with Gasteiger partial charge in [-0.25, -0.2) is 9.48 Å². The van der Waals surface area contributed by atoms with Crippen molar-refractivity contribution in [3.8, 4) is 0 Å². The van der Waals surface area contributed by atoms with Crippen molar-refractivity contribution in [2.45, 2.75) is 45.7 Å². The lowest BCUT2D eigenvalue weighted by atomic mass is 10.1. The van der Waals surface area contributed by atoms with Gasteiger partial charge >= 0.3 is 6.03 Å². The number of hydrogen-bond acceptors (Lipinski definition) is 4. The van der Waals surface area contributed by atoms with E-state index in [4.69, 9.17) is 0 Å². The predicted molar refractivity (Wildman–Crippen MR) is 92.9 cm³/mol. The Morgan fingerprint density at radius 3 is 2.78 bits per heavy atom. The minimum Gasteiger partial charge on any atom is -0.396 e. The third-order valence-electron chi connectivity index (χ3n) is 3.32. The molecule has 2 aromatic rings. The van der Waals surface area contributed by atoms with Crippen molar-refractivity contribution in [1.29, 1.82) is 0 Å². The number of aliphatic hydroxyl groups is 1. The van der Waals surface area contributed by atoms with E-state index in [1.54, 1.807) is 16.0 Å². The van der Waals surface area contributed by atoms with Crippen LogP contribution in [-0.2, 0) is 5.54 Å². The maximum atomic E-state index is 12.3. The maximum absolute atomic E-state index is 12.3. The molecule has 0 aliphatic heterocycles. The highest BCUT2D eigenvalue weighted by molar-refractivity contribution is 7.10. The van der Waals surface area contributed by atoms with Crippen molar-refractivity contribution >= 4 is 23.2 Å². The summed E-state index contributed by atoms with van der Waals surface area (Å²) in [6.45, 7) is 8.00. The molecule has 0 radical (unpaired) electrons. The van der Waals surface area contributed by atoms with Crippen LogP contribution in [-0.4, -0.2) is 27.5 Å². The molecule has 2 heterocycles. The SMILES string of the molecule is Cc1cc(NC(=O)N[C@@H](CCO)c2cccs2)n(C(C)(C)C)n1. The summed E-state index contributed by atoms with van der Waals surface area (Å²) in [5, 5.41) is 21.4. The molecular formula is C16H24N4O2S. The summed E-state index contributed by atoms with van der Waals surface area (Å²) in [5.41, 5.74) is 0.621. The number of rotatable bonds is 5. The van der Waals surface area contributed by atoms with Gasteiger partial charge in [0.05, 0.1) is 17.3 Å². The molecule has 23 heavy (non-hydrogen) atoms. The normalized spacial score (nSPS) is 12.9. The first-order valence-corrected chi connectivity index (χ1v) is 8.48. The molecule has 0 aromatic carbocycles. The van der Waals surface area contributed by atoms with E-state index in [1.165, 1.54) is 0 Å². The Hall–Kier alpha value is -1.86. The van der Waals surface area contributed by atoms with E-state index in [2.05, 4.69) is 15.7 Å². The molecule has 1 atom stereocenters. The summed E-state index contributed by atoms with van der Waals surface area (Å²) in [5.74, 6) is 0.654. The Morgan fingerprint density at radius 1 is 1.48 bits per heavy atom. The molecule has 0 spiro atoms. The van der Waals surface area contributed by atoms with Gasteiger partial charge in [0.25, 0.3) is 0 Å². The van der Waals surface area contributed by atoms with Gasteiger partial charge in [-0.3, -0.25) is 5.32 Å². The number of aryl methyl sites for hydroxylation is 1. The van der Waals surface area contributed by atoms with Gasteiger partial charge in [-0.05, 0) is 45.6 Å². The minimum atomic E-state index is -0.303. The quantitative estimate of drug-likeness (QED) is 0.784. The molecular weight excluding hydrogens is 312 g/mol. The summed E-state index contributed by atoms with van der Waals surface area (Å²) >= 11 is 1.56. The third-order valence-corrected chi connectivity index (χ3v) is 4.30. The number of aliphatic hydroxyl groups excluding tert-OH is 1. The van der Waals surface area contributed by atoms with Crippen LogP contribution in [0.4, 0.5) is 10.6 Å². The Kier molecular flexibility index (Phi) is 5.43. The highest BCUT2D eigenvalue weighted by atomic mass is 32.1. The van der Waals surface area contributed by atoms with E-state index in [1.807, 2.05) is 51.3 Å². The van der Waals surface area contributed by atoms with Crippen molar-refractivity contribution < 1.29 is 9.90 Å². The van der Waals surface area contributed by atoms with E-state index < -0.39 is 0 Å². The van der Waals surface area contributed by atoms with Gasteiger partial charge < -0.3 is 10.4 Å². The largest absolute Gasteiger partial charge is 0.396 e. The van der Waals surface area contributed by atoms with Crippen molar-refractivity contribution in [3.63, 3.8) is 0 Å². The minimum absolute atomic E-state index is 0.0158. The van der Waals surface area contributed by atoms with Gasteiger partial charge in [0, 0.05) is 17.6 Å². The average molecular weight is 336 g/mol. The molecule has 3 N–H and O–H groups in total. The van der Waals surface area contributed by atoms with E-state index in [0.717, 1.165) is 10.6 Å². The second-order valence-corrected chi connectivity index (χ2v) is 7.41. The van der Waals surface area contributed by atoms with Crippen molar-refractivity contribution in [2.24, 2.45) is 0 Å². The lowest BCUT2D eigenvalue weighted by molar-refractivity contribution is 0.239. The molecule has 0 fully saturated rings. The lowest BCUT2D eigenvalue weighted by Gasteiger charge is -2.23. The first kappa shape index (κ1) is 17.5. The number of amides is 2. The maximum Gasteiger partial charge on any atom is 0.320 e. The topological polar surface area (TPSA) is 79.2 Å². The van der Waals surface area contributed by atoms with Gasteiger partial charge in [-0.1, -0.05) is 6.07 Å². The summed E-state index contributed by atoms with van der Waals surface area (Å²) < 4.78 is 1.80. The monoisotopic (exact) mass is 336 g/mol. The summed E-state index contributed by atoms with van der Waals surface area (Å²) in [7, 11) is 0. The first-order valence-electron chi connectivity index (χ1n) is 7.60. The molecule has 0 saturated carbocycles. The van der Waals surface area contributed by atoms with Crippen LogP contribution < -0.4 is 10.6 Å². The Balaban J connectivity index is 2.10. The fraction of sp³-hybridized carbons (Fsp3) is 0.500. The number of carbonyl (C=O) groups excluding carboxylic acids is 1. The molecule has 0 aliphatic rings. The van der Waals surface area contributed by atoms with Crippen molar-refractivity contribution in [2.75, 3.05) is 11.9 Å². The van der Waals surface area contributed by atoms with Gasteiger partial charge in [0.1, 0.15) is 5.82 Å². The van der Waals surface area contributed by atoms with Crippen LogP contribution >= 0.6 is 11.3 Å². The zero-order valence-corrected chi connectivity index (χ0v) is 14.8. The van der Waals surface area contributed by atoms with Gasteiger partial charge in [-0.2, -0.15) is 5.10 Å². The van der Waals surface area contributed by atoms with Crippen LogP contribution in [0.1, 0.15) is 43.8 Å². The van der Waals surface area contributed by atoms with E-state index in [0.29, 0.717) is 12.2 Å². The van der Waals surface area contributed by atoms with Gasteiger partial charge in [0.2, 0.25) is 0 Å². The van der Waals surface area contributed by atoms with Crippen LogP contribution in [0.2, 0.25) is 0 Å². The highest BCUT2D eigenvalue weighted by Crippen LogP contribution is 2.23. The first-order chi connectivity index (χ1) is 10.8.